The lowest BCUT2D eigenvalue weighted by Gasteiger charge is -2.08. The van der Waals surface area contributed by atoms with Crippen molar-refractivity contribution in [1.82, 2.24) is 5.32 Å². The van der Waals surface area contributed by atoms with Crippen molar-refractivity contribution < 1.29 is 18.0 Å². The van der Waals surface area contributed by atoms with Crippen molar-refractivity contribution in [2.24, 2.45) is 0 Å². The normalized spacial score (nSPS) is 10.9. The van der Waals surface area contributed by atoms with Gasteiger partial charge in [-0.25, -0.2) is 8.42 Å². The van der Waals surface area contributed by atoms with E-state index in [1.807, 2.05) is 0 Å². The van der Waals surface area contributed by atoms with Gasteiger partial charge in [-0.3, -0.25) is 9.59 Å². The minimum atomic E-state index is -3.11. The largest absolute Gasteiger partial charge is 0.355 e. The molecule has 0 aliphatic rings. The summed E-state index contributed by atoms with van der Waals surface area (Å²) in [5.74, 6) is -0.644. The third kappa shape index (κ3) is 4.92. The van der Waals surface area contributed by atoms with E-state index in [9.17, 15) is 18.0 Å². The van der Waals surface area contributed by atoms with Crippen molar-refractivity contribution in [3.63, 3.8) is 0 Å². The van der Waals surface area contributed by atoms with Crippen molar-refractivity contribution in [1.29, 1.82) is 0 Å². The molecular weight excluding hydrogens is 328 g/mol. The van der Waals surface area contributed by atoms with E-state index in [0.29, 0.717) is 22.4 Å². The Bertz CT molecular complexity index is 858. The molecule has 2 rings (SSSR count). The Hall–Kier alpha value is -2.67. The Morgan fingerprint density at radius 1 is 0.958 bits per heavy atom. The van der Waals surface area contributed by atoms with Crippen molar-refractivity contribution in [3.05, 3.63) is 65.2 Å². The second-order valence-corrected chi connectivity index (χ2v) is 7.52. The van der Waals surface area contributed by atoms with Crippen LogP contribution >= 0.6 is 0 Å². The van der Waals surface area contributed by atoms with Crippen LogP contribution in [0.15, 0.2) is 48.5 Å². The molecule has 0 spiro atoms. The van der Waals surface area contributed by atoms with Gasteiger partial charge < -0.3 is 10.6 Å². The van der Waals surface area contributed by atoms with Crippen molar-refractivity contribution >= 4 is 27.3 Å². The zero-order valence-electron chi connectivity index (χ0n) is 13.4. The van der Waals surface area contributed by atoms with E-state index in [4.69, 9.17) is 0 Å². The van der Waals surface area contributed by atoms with Crippen molar-refractivity contribution in [2.45, 2.75) is 5.75 Å². The van der Waals surface area contributed by atoms with Gasteiger partial charge in [0, 0.05) is 30.1 Å². The highest BCUT2D eigenvalue weighted by atomic mass is 32.2. The number of carbonyl (C=O) groups excluding carboxylic acids is 2. The third-order valence-electron chi connectivity index (χ3n) is 3.25. The maximum atomic E-state index is 12.2. The van der Waals surface area contributed by atoms with Crippen LogP contribution in [0.4, 0.5) is 5.69 Å². The molecular formula is C17H18N2O4S. The van der Waals surface area contributed by atoms with E-state index in [1.165, 1.54) is 7.05 Å². The molecule has 2 aromatic carbocycles. The SMILES string of the molecule is CNC(=O)c1cccc(NC(=O)c2ccc(CS(C)(=O)=O)cc2)c1. The number of hydrogen-bond donors (Lipinski definition) is 2. The number of sulfone groups is 1. The summed E-state index contributed by atoms with van der Waals surface area (Å²) in [4.78, 5) is 23.8. The van der Waals surface area contributed by atoms with E-state index in [0.717, 1.165) is 6.26 Å². The van der Waals surface area contributed by atoms with Crippen LogP contribution in [0, 0.1) is 0 Å². The van der Waals surface area contributed by atoms with Gasteiger partial charge in [-0.1, -0.05) is 18.2 Å². The lowest BCUT2D eigenvalue weighted by Crippen LogP contribution is -2.18. The maximum absolute atomic E-state index is 12.2. The number of amides is 2. The Kier molecular flexibility index (Phi) is 5.35. The summed E-state index contributed by atoms with van der Waals surface area (Å²) in [6.45, 7) is 0. The van der Waals surface area contributed by atoms with E-state index in [-0.39, 0.29) is 17.6 Å². The highest BCUT2D eigenvalue weighted by molar-refractivity contribution is 7.89. The number of carbonyl (C=O) groups is 2. The molecule has 0 aromatic heterocycles. The minimum absolute atomic E-state index is 0.0664. The van der Waals surface area contributed by atoms with Gasteiger partial charge in [-0.15, -0.1) is 0 Å². The van der Waals surface area contributed by atoms with Gasteiger partial charge in [-0.05, 0) is 35.9 Å². The van der Waals surface area contributed by atoms with Crippen LogP contribution in [0.2, 0.25) is 0 Å². The van der Waals surface area contributed by atoms with Crippen LogP contribution in [0.1, 0.15) is 26.3 Å². The highest BCUT2D eigenvalue weighted by Gasteiger charge is 2.10. The van der Waals surface area contributed by atoms with Gasteiger partial charge >= 0.3 is 0 Å². The standard InChI is InChI=1S/C17H18N2O4S/c1-18-16(20)14-4-3-5-15(10-14)19-17(21)13-8-6-12(7-9-13)11-24(2,22)23/h3-10H,11H2,1-2H3,(H,18,20)(H,19,21). The van der Waals surface area contributed by atoms with Gasteiger partial charge in [0.1, 0.15) is 0 Å². The first-order chi connectivity index (χ1) is 11.3. The average molecular weight is 346 g/mol. The molecule has 0 bridgehead atoms. The minimum Gasteiger partial charge on any atom is -0.355 e. The van der Waals surface area contributed by atoms with Gasteiger partial charge in [-0.2, -0.15) is 0 Å². The maximum Gasteiger partial charge on any atom is 0.255 e. The van der Waals surface area contributed by atoms with E-state index >= 15 is 0 Å². The van der Waals surface area contributed by atoms with E-state index in [1.54, 1.807) is 48.5 Å². The summed E-state index contributed by atoms with van der Waals surface area (Å²) in [6.07, 6.45) is 1.16. The predicted octanol–water partition coefficient (Wildman–Crippen LogP) is 1.84. The highest BCUT2D eigenvalue weighted by Crippen LogP contribution is 2.13. The van der Waals surface area contributed by atoms with Gasteiger partial charge in [0.15, 0.2) is 9.84 Å². The Morgan fingerprint density at radius 2 is 1.62 bits per heavy atom. The van der Waals surface area contributed by atoms with Crippen LogP contribution in [-0.4, -0.2) is 33.5 Å². The summed E-state index contributed by atoms with van der Waals surface area (Å²) in [7, 11) is -1.58. The molecule has 6 nitrogen and oxygen atoms in total. The van der Waals surface area contributed by atoms with Crippen molar-refractivity contribution in [2.75, 3.05) is 18.6 Å². The van der Waals surface area contributed by atoms with Crippen LogP contribution in [0.5, 0.6) is 0 Å². The number of rotatable bonds is 5. The first-order valence-electron chi connectivity index (χ1n) is 7.18. The van der Waals surface area contributed by atoms with E-state index < -0.39 is 9.84 Å². The molecule has 126 valence electrons. The van der Waals surface area contributed by atoms with Gasteiger partial charge in [0.2, 0.25) is 0 Å². The summed E-state index contributed by atoms with van der Waals surface area (Å²) in [5.41, 5.74) is 1.97. The summed E-state index contributed by atoms with van der Waals surface area (Å²) < 4.78 is 22.5. The fraction of sp³-hybridized carbons (Fsp3) is 0.176. The third-order valence-corrected chi connectivity index (χ3v) is 4.11. The van der Waals surface area contributed by atoms with Crippen LogP contribution in [-0.2, 0) is 15.6 Å². The van der Waals surface area contributed by atoms with Gasteiger partial charge in [0.25, 0.3) is 11.8 Å². The van der Waals surface area contributed by atoms with Crippen LogP contribution in [0.3, 0.4) is 0 Å². The summed E-state index contributed by atoms with van der Waals surface area (Å²) in [5, 5.41) is 5.23. The predicted molar refractivity (Wildman–Crippen MR) is 92.8 cm³/mol. The molecule has 0 atom stereocenters. The summed E-state index contributed by atoms with van der Waals surface area (Å²) >= 11 is 0. The topological polar surface area (TPSA) is 92.3 Å². The molecule has 0 fully saturated rings. The Balaban J connectivity index is 2.11. The molecule has 0 aliphatic heterocycles. The first kappa shape index (κ1) is 17.7. The molecule has 0 saturated heterocycles. The zero-order chi connectivity index (χ0) is 17.7. The molecule has 2 aromatic rings. The lowest BCUT2D eigenvalue weighted by atomic mass is 10.1. The zero-order valence-corrected chi connectivity index (χ0v) is 14.2. The molecule has 0 saturated carbocycles. The monoisotopic (exact) mass is 346 g/mol. The molecule has 2 amide bonds. The second kappa shape index (κ2) is 7.27. The number of hydrogen-bond acceptors (Lipinski definition) is 4. The Labute approximate surface area is 140 Å². The quantitative estimate of drug-likeness (QED) is 0.864. The summed E-state index contributed by atoms with van der Waals surface area (Å²) in [6, 6.07) is 12.9. The number of benzene rings is 2. The fourth-order valence-electron chi connectivity index (χ4n) is 2.14. The first-order valence-corrected chi connectivity index (χ1v) is 9.25. The molecule has 24 heavy (non-hydrogen) atoms. The fourth-order valence-corrected chi connectivity index (χ4v) is 2.94. The van der Waals surface area contributed by atoms with Crippen molar-refractivity contribution in [3.8, 4) is 0 Å². The molecule has 0 radical (unpaired) electrons. The molecule has 0 heterocycles. The smallest absolute Gasteiger partial charge is 0.255 e. The number of nitrogens with one attached hydrogen (secondary N) is 2. The Morgan fingerprint density at radius 3 is 2.21 bits per heavy atom. The average Bonchev–Trinajstić information content (AvgIpc) is 2.53. The second-order valence-electron chi connectivity index (χ2n) is 5.38. The lowest BCUT2D eigenvalue weighted by molar-refractivity contribution is 0.0961. The van der Waals surface area contributed by atoms with Crippen LogP contribution < -0.4 is 10.6 Å². The molecule has 0 aliphatic carbocycles. The molecule has 7 heteroatoms. The van der Waals surface area contributed by atoms with Gasteiger partial charge in [0.05, 0.1) is 5.75 Å². The molecule has 2 N–H and O–H groups in total. The number of anilines is 1. The van der Waals surface area contributed by atoms with E-state index in [2.05, 4.69) is 10.6 Å². The molecule has 0 unspecified atom stereocenters. The van der Waals surface area contributed by atoms with Crippen LogP contribution in [0.25, 0.3) is 0 Å².